The minimum absolute atomic E-state index is 0.709. The fourth-order valence-corrected chi connectivity index (χ4v) is 2.09. The molecule has 4 heteroatoms. The van der Waals surface area contributed by atoms with Gasteiger partial charge in [-0.3, -0.25) is 0 Å². The Morgan fingerprint density at radius 3 is 2.74 bits per heavy atom. The molecule has 0 radical (unpaired) electrons. The molecule has 0 saturated heterocycles. The van der Waals surface area contributed by atoms with Gasteiger partial charge in [-0.1, -0.05) is 36.4 Å². The van der Waals surface area contributed by atoms with Crippen molar-refractivity contribution in [1.29, 1.82) is 0 Å². The van der Waals surface area contributed by atoms with Gasteiger partial charge in [-0.05, 0) is 5.56 Å². The van der Waals surface area contributed by atoms with Gasteiger partial charge in [-0.25, -0.2) is 4.99 Å². The van der Waals surface area contributed by atoms with Crippen LogP contribution in [0.2, 0.25) is 0 Å². The summed E-state index contributed by atoms with van der Waals surface area (Å²) in [4.78, 5) is 6.63. The molecule has 0 bridgehead atoms. The fraction of sp³-hybridized carbons (Fsp3) is 0.400. The van der Waals surface area contributed by atoms with Gasteiger partial charge >= 0.3 is 0 Å². The molecule has 0 unspecified atom stereocenters. The van der Waals surface area contributed by atoms with E-state index < -0.39 is 0 Å². The Kier molecular flexibility index (Phi) is 7.82. The zero-order valence-electron chi connectivity index (χ0n) is 11.8. The third-order valence-corrected chi connectivity index (χ3v) is 3.41. The summed E-state index contributed by atoms with van der Waals surface area (Å²) in [6.45, 7) is 5.34. The van der Waals surface area contributed by atoms with E-state index in [1.165, 1.54) is 5.56 Å². The third kappa shape index (κ3) is 6.91. The Balaban J connectivity index is 2.41. The summed E-state index contributed by atoms with van der Waals surface area (Å²) in [5.74, 6) is 2.99. The van der Waals surface area contributed by atoms with Crippen molar-refractivity contribution in [2.45, 2.75) is 6.54 Å². The molecule has 19 heavy (non-hydrogen) atoms. The van der Waals surface area contributed by atoms with Crippen molar-refractivity contribution in [3.63, 3.8) is 0 Å². The van der Waals surface area contributed by atoms with Gasteiger partial charge < -0.3 is 10.2 Å². The highest BCUT2D eigenvalue weighted by molar-refractivity contribution is 7.99. The standard InChI is InChI=1S/C15H23N3S/c1-4-11-19-12-10-16-15(18(2)3)17-13-14-8-6-5-7-9-14/h4-9H,1,10-13H2,2-3H3,(H,16,17). The van der Waals surface area contributed by atoms with E-state index in [1.54, 1.807) is 0 Å². The monoisotopic (exact) mass is 277 g/mol. The van der Waals surface area contributed by atoms with Crippen LogP contribution < -0.4 is 5.32 Å². The molecule has 104 valence electrons. The van der Waals surface area contributed by atoms with Gasteiger partial charge in [0.1, 0.15) is 0 Å². The number of hydrogen-bond donors (Lipinski definition) is 1. The van der Waals surface area contributed by atoms with Crippen LogP contribution in [0.5, 0.6) is 0 Å². The van der Waals surface area contributed by atoms with E-state index in [0.717, 1.165) is 24.0 Å². The molecule has 0 aromatic heterocycles. The predicted molar refractivity (Wildman–Crippen MR) is 86.8 cm³/mol. The van der Waals surface area contributed by atoms with Crippen molar-refractivity contribution in [3.05, 3.63) is 48.6 Å². The lowest BCUT2D eigenvalue weighted by molar-refractivity contribution is 0.584. The van der Waals surface area contributed by atoms with Gasteiger partial charge in [0.15, 0.2) is 5.96 Å². The number of hydrogen-bond acceptors (Lipinski definition) is 2. The van der Waals surface area contributed by atoms with Crippen molar-refractivity contribution in [2.75, 3.05) is 32.1 Å². The molecule has 1 aromatic carbocycles. The number of nitrogens with one attached hydrogen (secondary N) is 1. The summed E-state index contributed by atoms with van der Waals surface area (Å²) in [5.41, 5.74) is 1.23. The van der Waals surface area contributed by atoms with Crippen LogP contribution in [0.15, 0.2) is 48.0 Å². The van der Waals surface area contributed by atoms with E-state index in [-0.39, 0.29) is 0 Å². The molecule has 0 saturated carbocycles. The lowest BCUT2D eigenvalue weighted by Crippen LogP contribution is -2.37. The number of thioether (sulfide) groups is 1. The first-order valence-electron chi connectivity index (χ1n) is 6.42. The second kappa shape index (κ2) is 9.50. The summed E-state index contributed by atoms with van der Waals surface area (Å²) in [5, 5.41) is 3.37. The van der Waals surface area contributed by atoms with E-state index in [4.69, 9.17) is 0 Å². The maximum absolute atomic E-state index is 4.61. The summed E-state index contributed by atoms with van der Waals surface area (Å²) < 4.78 is 0. The number of nitrogens with zero attached hydrogens (tertiary/aromatic N) is 2. The van der Waals surface area contributed by atoms with Crippen molar-refractivity contribution in [3.8, 4) is 0 Å². The number of aliphatic imine (C=N–C) groups is 1. The van der Waals surface area contributed by atoms with E-state index in [1.807, 2.05) is 55.0 Å². The maximum atomic E-state index is 4.61. The molecular formula is C15H23N3S. The zero-order valence-corrected chi connectivity index (χ0v) is 12.6. The fourth-order valence-electron chi connectivity index (χ4n) is 1.51. The van der Waals surface area contributed by atoms with E-state index in [9.17, 15) is 0 Å². The van der Waals surface area contributed by atoms with Crippen molar-refractivity contribution < 1.29 is 0 Å². The summed E-state index contributed by atoms with van der Waals surface area (Å²) in [6.07, 6.45) is 1.93. The molecule has 0 aliphatic heterocycles. The molecule has 0 amide bonds. The van der Waals surface area contributed by atoms with Crippen LogP contribution in [0.25, 0.3) is 0 Å². The normalized spacial score (nSPS) is 11.2. The van der Waals surface area contributed by atoms with Crippen molar-refractivity contribution in [2.24, 2.45) is 4.99 Å². The average Bonchev–Trinajstić information content (AvgIpc) is 2.42. The van der Waals surface area contributed by atoms with Crippen LogP contribution in [0.4, 0.5) is 0 Å². The quantitative estimate of drug-likeness (QED) is 0.359. The zero-order chi connectivity index (χ0) is 13.9. The van der Waals surface area contributed by atoms with Crippen LogP contribution in [0, 0.1) is 0 Å². The molecule has 0 spiro atoms. The lowest BCUT2D eigenvalue weighted by Gasteiger charge is -2.17. The van der Waals surface area contributed by atoms with E-state index in [0.29, 0.717) is 6.54 Å². The lowest BCUT2D eigenvalue weighted by atomic mass is 10.2. The molecule has 1 aromatic rings. The SMILES string of the molecule is C=CCSCCNC(=NCc1ccccc1)N(C)C. The minimum Gasteiger partial charge on any atom is -0.355 e. The highest BCUT2D eigenvalue weighted by Gasteiger charge is 2.00. The molecule has 1 rings (SSSR count). The smallest absolute Gasteiger partial charge is 0.193 e. The van der Waals surface area contributed by atoms with Crippen LogP contribution in [0.1, 0.15) is 5.56 Å². The number of rotatable bonds is 7. The Bertz CT molecular complexity index is 388. The van der Waals surface area contributed by atoms with E-state index >= 15 is 0 Å². The van der Waals surface area contributed by atoms with Crippen LogP contribution >= 0.6 is 11.8 Å². The van der Waals surface area contributed by atoms with Crippen LogP contribution in [0.3, 0.4) is 0 Å². The Morgan fingerprint density at radius 2 is 2.11 bits per heavy atom. The predicted octanol–water partition coefficient (Wildman–Crippen LogP) is 2.61. The van der Waals surface area contributed by atoms with Gasteiger partial charge in [0.25, 0.3) is 0 Å². The largest absolute Gasteiger partial charge is 0.355 e. The van der Waals surface area contributed by atoms with Gasteiger partial charge in [0, 0.05) is 32.1 Å². The number of benzene rings is 1. The second-order valence-corrected chi connectivity index (χ2v) is 5.46. The molecule has 1 N–H and O–H groups in total. The molecule has 0 heterocycles. The molecule has 0 fully saturated rings. The van der Waals surface area contributed by atoms with Crippen LogP contribution in [-0.2, 0) is 6.54 Å². The molecular weight excluding hydrogens is 254 g/mol. The van der Waals surface area contributed by atoms with Crippen molar-refractivity contribution >= 4 is 17.7 Å². The van der Waals surface area contributed by atoms with Gasteiger partial charge in [-0.15, -0.1) is 6.58 Å². The van der Waals surface area contributed by atoms with Crippen LogP contribution in [-0.4, -0.2) is 43.0 Å². The Hall–Kier alpha value is -1.42. The number of guanidine groups is 1. The summed E-state index contributed by atoms with van der Waals surface area (Å²) >= 11 is 1.87. The molecule has 0 atom stereocenters. The molecule has 0 aliphatic rings. The first kappa shape index (κ1) is 15.6. The minimum atomic E-state index is 0.709. The van der Waals surface area contributed by atoms with E-state index in [2.05, 4.69) is 29.0 Å². The highest BCUT2D eigenvalue weighted by Crippen LogP contribution is 2.01. The Morgan fingerprint density at radius 1 is 1.37 bits per heavy atom. The summed E-state index contributed by atoms with van der Waals surface area (Å²) in [6, 6.07) is 10.3. The first-order chi connectivity index (χ1) is 9.24. The van der Waals surface area contributed by atoms with Gasteiger partial charge in [0.2, 0.25) is 0 Å². The van der Waals surface area contributed by atoms with Crippen molar-refractivity contribution in [1.82, 2.24) is 10.2 Å². The maximum Gasteiger partial charge on any atom is 0.193 e. The molecule has 3 nitrogen and oxygen atoms in total. The summed E-state index contributed by atoms with van der Waals surface area (Å²) in [7, 11) is 4.02. The second-order valence-electron chi connectivity index (χ2n) is 4.31. The first-order valence-corrected chi connectivity index (χ1v) is 7.57. The highest BCUT2D eigenvalue weighted by atomic mass is 32.2. The third-order valence-electron chi connectivity index (χ3n) is 2.44. The van der Waals surface area contributed by atoms with Gasteiger partial charge in [0.05, 0.1) is 6.54 Å². The molecule has 0 aliphatic carbocycles. The van der Waals surface area contributed by atoms with Gasteiger partial charge in [-0.2, -0.15) is 11.8 Å². The Labute approximate surface area is 120 Å². The topological polar surface area (TPSA) is 27.6 Å². The average molecular weight is 277 g/mol.